The van der Waals surface area contributed by atoms with Gasteiger partial charge in [-0.3, -0.25) is 4.79 Å². The summed E-state index contributed by atoms with van der Waals surface area (Å²) >= 11 is 0. The largest absolute Gasteiger partial charge is 0.378 e. The van der Waals surface area contributed by atoms with Crippen LogP contribution in [0.5, 0.6) is 0 Å². The fourth-order valence-corrected chi connectivity index (χ4v) is 3.21. The standard InChI is InChI=1S/C17H24N2O2/c1-13-17(20)19(10-4-7-15-8-5-11-21-15)16-9-3-2-6-14(16)12-18-13/h2-3,6,9,13,15,18H,4-5,7-8,10-12H2,1H3. The first-order chi connectivity index (χ1) is 10.3. The van der Waals surface area contributed by atoms with E-state index in [0.29, 0.717) is 6.10 Å². The van der Waals surface area contributed by atoms with Crippen LogP contribution >= 0.6 is 0 Å². The molecule has 114 valence electrons. The first-order valence-corrected chi connectivity index (χ1v) is 8.00. The summed E-state index contributed by atoms with van der Waals surface area (Å²) in [6.07, 6.45) is 4.79. The molecule has 1 saturated heterocycles. The van der Waals surface area contributed by atoms with Gasteiger partial charge in [0.2, 0.25) is 5.91 Å². The highest BCUT2D eigenvalue weighted by Crippen LogP contribution is 2.25. The third-order valence-corrected chi connectivity index (χ3v) is 4.45. The van der Waals surface area contributed by atoms with Crippen molar-refractivity contribution in [3.63, 3.8) is 0 Å². The molecule has 4 nitrogen and oxygen atoms in total. The Morgan fingerprint density at radius 1 is 1.38 bits per heavy atom. The summed E-state index contributed by atoms with van der Waals surface area (Å²) in [4.78, 5) is 14.5. The fraction of sp³-hybridized carbons (Fsp3) is 0.588. The van der Waals surface area contributed by atoms with Gasteiger partial charge in [0, 0.05) is 25.4 Å². The number of anilines is 1. The molecule has 21 heavy (non-hydrogen) atoms. The van der Waals surface area contributed by atoms with Gasteiger partial charge in [0.1, 0.15) is 0 Å². The number of amides is 1. The second kappa shape index (κ2) is 6.58. The van der Waals surface area contributed by atoms with Crippen molar-refractivity contribution in [2.45, 2.75) is 51.3 Å². The molecular formula is C17H24N2O2. The van der Waals surface area contributed by atoms with E-state index in [1.807, 2.05) is 24.0 Å². The Kier molecular flexibility index (Phi) is 4.56. The van der Waals surface area contributed by atoms with Crippen molar-refractivity contribution < 1.29 is 9.53 Å². The molecule has 4 heteroatoms. The van der Waals surface area contributed by atoms with Gasteiger partial charge in [-0.05, 0) is 44.2 Å². The molecule has 1 N–H and O–H groups in total. The van der Waals surface area contributed by atoms with Crippen LogP contribution in [0.4, 0.5) is 5.69 Å². The molecule has 1 fully saturated rings. The summed E-state index contributed by atoms with van der Waals surface area (Å²) in [5, 5.41) is 3.30. The van der Waals surface area contributed by atoms with E-state index in [0.717, 1.165) is 38.2 Å². The molecule has 2 heterocycles. The van der Waals surface area contributed by atoms with Crippen LogP contribution in [0, 0.1) is 0 Å². The first-order valence-electron chi connectivity index (χ1n) is 8.00. The van der Waals surface area contributed by atoms with E-state index in [-0.39, 0.29) is 11.9 Å². The molecular weight excluding hydrogens is 264 g/mol. The maximum absolute atomic E-state index is 12.6. The van der Waals surface area contributed by atoms with E-state index in [9.17, 15) is 4.79 Å². The molecule has 1 amide bonds. The molecule has 2 atom stereocenters. The van der Waals surface area contributed by atoms with Crippen molar-refractivity contribution in [1.29, 1.82) is 0 Å². The topological polar surface area (TPSA) is 41.6 Å². The smallest absolute Gasteiger partial charge is 0.243 e. The van der Waals surface area contributed by atoms with Crippen molar-refractivity contribution in [2.75, 3.05) is 18.1 Å². The Hall–Kier alpha value is -1.39. The minimum atomic E-state index is -0.125. The lowest BCUT2D eigenvalue weighted by molar-refractivity contribution is -0.120. The zero-order valence-corrected chi connectivity index (χ0v) is 12.7. The lowest BCUT2D eigenvalue weighted by atomic mass is 10.1. The van der Waals surface area contributed by atoms with E-state index in [1.54, 1.807) is 0 Å². The number of nitrogens with zero attached hydrogens (tertiary/aromatic N) is 1. The summed E-state index contributed by atoms with van der Waals surface area (Å²) in [5.41, 5.74) is 2.26. The Morgan fingerprint density at radius 3 is 3.05 bits per heavy atom. The molecule has 2 aliphatic heterocycles. The number of fused-ring (bicyclic) bond motifs is 1. The van der Waals surface area contributed by atoms with Crippen LogP contribution < -0.4 is 10.2 Å². The van der Waals surface area contributed by atoms with Crippen LogP contribution in [0.25, 0.3) is 0 Å². The van der Waals surface area contributed by atoms with E-state index >= 15 is 0 Å². The first kappa shape index (κ1) is 14.5. The minimum Gasteiger partial charge on any atom is -0.378 e. The Labute approximate surface area is 126 Å². The van der Waals surface area contributed by atoms with Gasteiger partial charge in [0.25, 0.3) is 0 Å². The number of hydrogen-bond donors (Lipinski definition) is 1. The summed E-state index contributed by atoms with van der Waals surface area (Å²) < 4.78 is 5.67. The van der Waals surface area contributed by atoms with Crippen LogP contribution in [-0.4, -0.2) is 31.2 Å². The second-order valence-electron chi connectivity index (χ2n) is 6.00. The lowest BCUT2D eigenvalue weighted by Gasteiger charge is -2.25. The fourth-order valence-electron chi connectivity index (χ4n) is 3.21. The van der Waals surface area contributed by atoms with Crippen molar-refractivity contribution in [1.82, 2.24) is 5.32 Å². The van der Waals surface area contributed by atoms with Crippen molar-refractivity contribution in [2.24, 2.45) is 0 Å². The Balaban J connectivity index is 1.69. The van der Waals surface area contributed by atoms with Crippen molar-refractivity contribution in [3.8, 4) is 0 Å². The van der Waals surface area contributed by atoms with Crippen LogP contribution in [0.1, 0.15) is 38.2 Å². The van der Waals surface area contributed by atoms with E-state index in [2.05, 4.69) is 17.4 Å². The summed E-state index contributed by atoms with van der Waals surface area (Å²) in [6.45, 7) is 4.38. The summed E-state index contributed by atoms with van der Waals surface area (Å²) in [6, 6.07) is 8.07. The number of carbonyl (C=O) groups excluding carboxylic acids is 1. The van der Waals surface area contributed by atoms with Gasteiger partial charge in [-0.15, -0.1) is 0 Å². The summed E-state index contributed by atoms with van der Waals surface area (Å²) in [7, 11) is 0. The number of ether oxygens (including phenoxy) is 1. The monoisotopic (exact) mass is 288 g/mol. The van der Waals surface area contributed by atoms with Crippen molar-refractivity contribution >= 4 is 11.6 Å². The van der Waals surface area contributed by atoms with E-state index in [4.69, 9.17) is 4.74 Å². The van der Waals surface area contributed by atoms with Gasteiger partial charge in [-0.25, -0.2) is 0 Å². The Morgan fingerprint density at radius 2 is 2.24 bits per heavy atom. The number of benzene rings is 1. The predicted molar refractivity (Wildman–Crippen MR) is 83.3 cm³/mol. The molecule has 2 unspecified atom stereocenters. The van der Waals surface area contributed by atoms with Gasteiger partial charge in [-0.2, -0.15) is 0 Å². The number of rotatable bonds is 4. The average molecular weight is 288 g/mol. The quantitative estimate of drug-likeness (QED) is 0.925. The highest BCUT2D eigenvalue weighted by Gasteiger charge is 2.27. The van der Waals surface area contributed by atoms with Gasteiger partial charge < -0.3 is 15.0 Å². The third kappa shape index (κ3) is 3.27. The number of carbonyl (C=O) groups is 1. The zero-order valence-electron chi connectivity index (χ0n) is 12.7. The number of nitrogens with one attached hydrogen (secondary N) is 1. The molecule has 0 spiro atoms. The normalized spacial score (nSPS) is 25.8. The van der Waals surface area contributed by atoms with Crippen LogP contribution in [0.2, 0.25) is 0 Å². The molecule has 2 aliphatic rings. The molecule has 0 bridgehead atoms. The molecule has 3 rings (SSSR count). The minimum absolute atomic E-state index is 0.125. The van der Waals surface area contributed by atoms with Gasteiger partial charge >= 0.3 is 0 Å². The van der Waals surface area contributed by atoms with Crippen LogP contribution in [0.3, 0.4) is 0 Å². The van der Waals surface area contributed by atoms with E-state index in [1.165, 1.54) is 18.4 Å². The molecule has 0 aliphatic carbocycles. The highest BCUT2D eigenvalue weighted by molar-refractivity contribution is 5.98. The van der Waals surface area contributed by atoms with Gasteiger partial charge in [0.15, 0.2) is 0 Å². The molecule has 0 radical (unpaired) electrons. The van der Waals surface area contributed by atoms with Crippen LogP contribution in [-0.2, 0) is 16.1 Å². The second-order valence-corrected chi connectivity index (χ2v) is 6.00. The molecule has 0 saturated carbocycles. The SMILES string of the molecule is CC1NCc2ccccc2N(CCCC2CCCO2)C1=O. The van der Waals surface area contributed by atoms with Crippen LogP contribution in [0.15, 0.2) is 24.3 Å². The molecule has 1 aromatic rings. The van der Waals surface area contributed by atoms with Gasteiger partial charge in [0.05, 0.1) is 12.1 Å². The number of para-hydroxylation sites is 1. The molecule has 0 aromatic heterocycles. The Bertz CT molecular complexity index is 497. The maximum Gasteiger partial charge on any atom is 0.243 e. The highest BCUT2D eigenvalue weighted by atomic mass is 16.5. The maximum atomic E-state index is 12.6. The predicted octanol–water partition coefficient (Wildman–Crippen LogP) is 2.47. The third-order valence-electron chi connectivity index (χ3n) is 4.45. The zero-order chi connectivity index (χ0) is 14.7. The summed E-state index contributed by atoms with van der Waals surface area (Å²) in [5.74, 6) is 0.173. The number of hydrogen-bond acceptors (Lipinski definition) is 3. The molecule has 1 aromatic carbocycles. The van der Waals surface area contributed by atoms with Gasteiger partial charge in [-0.1, -0.05) is 18.2 Å². The lowest BCUT2D eigenvalue weighted by Crippen LogP contribution is -2.42. The van der Waals surface area contributed by atoms with E-state index < -0.39 is 0 Å². The van der Waals surface area contributed by atoms with Crippen molar-refractivity contribution in [3.05, 3.63) is 29.8 Å². The average Bonchev–Trinajstić information content (AvgIpc) is 2.98.